The Labute approximate surface area is 175 Å². The standard InChI is InChI=1S/C22H44O4Si2/c1-11-17-18(25-27(12-2,13-3)14-4)15-19-20(24-17)16-23-28(26-19,21(5,6)7)22(8,9)10/h11,17-20H,1,12-16H2,2-10H3/t17-,18+,19-,20+/m0/s1. The summed E-state index contributed by atoms with van der Waals surface area (Å²) in [4.78, 5) is 0. The highest BCUT2D eigenvalue weighted by Gasteiger charge is 2.63. The lowest BCUT2D eigenvalue weighted by Gasteiger charge is -2.57. The van der Waals surface area contributed by atoms with Crippen LogP contribution in [-0.4, -0.2) is 47.9 Å². The zero-order valence-corrected chi connectivity index (χ0v) is 21.8. The quantitative estimate of drug-likeness (QED) is 0.374. The van der Waals surface area contributed by atoms with Crippen LogP contribution in [0.1, 0.15) is 68.7 Å². The van der Waals surface area contributed by atoms with Crippen molar-refractivity contribution in [3.8, 4) is 0 Å². The van der Waals surface area contributed by atoms with Gasteiger partial charge in [0.15, 0.2) is 8.32 Å². The monoisotopic (exact) mass is 428 g/mol. The van der Waals surface area contributed by atoms with E-state index in [1.807, 2.05) is 6.08 Å². The number of hydrogen-bond acceptors (Lipinski definition) is 4. The van der Waals surface area contributed by atoms with Crippen LogP contribution in [0, 0.1) is 0 Å². The van der Waals surface area contributed by atoms with E-state index in [0.717, 1.165) is 24.6 Å². The van der Waals surface area contributed by atoms with Gasteiger partial charge in [-0.25, -0.2) is 0 Å². The fraction of sp³-hybridized carbons (Fsp3) is 0.909. The predicted octanol–water partition coefficient (Wildman–Crippen LogP) is 6.18. The smallest absolute Gasteiger partial charge is 0.349 e. The lowest BCUT2D eigenvalue weighted by molar-refractivity contribution is -0.182. The van der Waals surface area contributed by atoms with Crippen molar-refractivity contribution in [1.29, 1.82) is 0 Å². The van der Waals surface area contributed by atoms with Crippen molar-refractivity contribution in [3.63, 3.8) is 0 Å². The van der Waals surface area contributed by atoms with Gasteiger partial charge in [0, 0.05) is 16.5 Å². The van der Waals surface area contributed by atoms with Crippen molar-refractivity contribution in [2.75, 3.05) is 6.61 Å². The van der Waals surface area contributed by atoms with E-state index in [1.165, 1.54) is 0 Å². The molecule has 0 aliphatic carbocycles. The van der Waals surface area contributed by atoms with E-state index in [4.69, 9.17) is 18.0 Å². The van der Waals surface area contributed by atoms with E-state index in [0.29, 0.717) is 6.61 Å². The zero-order valence-electron chi connectivity index (χ0n) is 19.8. The van der Waals surface area contributed by atoms with E-state index in [1.54, 1.807) is 0 Å². The van der Waals surface area contributed by atoms with Crippen LogP contribution < -0.4 is 0 Å². The second-order valence-corrected chi connectivity index (χ2v) is 20.1. The molecule has 28 heavy (non-hydrogen) atoms. The Morgan fingerprint density at radius 2 is 1.54 bits per heavy atom. The summed E-state index contributed by atoms with van der Waals surface area (Å²) >= 11 is 0. The molecule has 0 spiro atoms. The first-order chi connectivity index (χ1) is 12.9. The van der Waals surface area contributed by atoms with Gasteiger partial charge in [0.2, 0.25) is 0 Å². The van der Waals surface area contributed by atoms with Crippen LogP contribution in [0.15, 0.2) is 12.7 Å². The van der Waals surface area contributed by atoms with Crippen molar-refractivity contribution >= 4 is 16.9 Å². The number of ether oxygens (including phenoxy) is 1. The molecule has 0 amide bonds. The first-order valence-electron chi connectivity index (χ1n) is 11.2. The van der Waals surface area contributed by atoms with E-state index in [2.05, 4.69) is 68.9 Å². The van der Waals surface area contributed by atoms with Crippen LogP contribution in [-0.2, 0) is 18.0 Å². The van der Waals surface area contributed by atoms with Crippen LogP contribution in [0.25, 0.3) is 0 Å². The van der Waals surface area contributed by atoms with Crippen LogP contribution in [0.2, 0.25) is 28.2 Å². The molecule has 4 nitrogen and oxygen atoms in total. The maximum atomic E-state index is 6.94. The minimum Gasteiger partial charge on any atom is -0.411 e. The fourth-order valence-electron chi connectivity index (χ4n) is 5.16. The third-order valence-corrected chi connectivity index (χ3v) is 16.7. The SMILES string of the molecule is C=C[C@@H]1O[C@@H]2CO[Si](C(C)(C)C)(C(C)(C)C)O[C@H]2C[C@H]1O[Si](CC)(CC)CC. The number of hydrogen-bond donors (Lipinski definition) is 0. The molecule has 2 heterocycles. The third kappa shape index (κ3) is 4.37. The molecule has 0 aromatic rings. The lowest BCUT2D eigenvalue weighted by atomic mass is 9.98. The molecule has 0 aromatic carbocycles. The molecule has 0 N–H and O–H groups in total. The van der Waals surface area contributed by atoms with Gasteiger partial charge in [0.25, 0.3) is 0 Å². The summed E-state index contributed by atoms with van der Waals surface area (Å²) in [7, 11) is -4.22. The molecule has 164 valence electrons. The lowest BCUT2D eigenvalue weighted by Crippen LogP contribution is -2.67. The van der Waals surface area contributed by atoms with Gasteiger partial charge in [0.05, 0.1) is 18.8 Å². The van der Waals surface area contributed by atoms with E-state index in [-0.39, 0.29) is 34.5 Å². The van der Waals surface area contributed by atoms with Crippen molar-refractivity contribution < 1.29 is 18.0 Å². The highest BCUT2D eigenvalue weighted by atomic mass is 28.4. The third-order valence-electron chi connectivity index (χ3n) is 6.89. The summed E-state index contributed by atoms with van der Waals surface area (Å²) in [5, 5.41) is -0.0345. The Bertz CT molecular complexity index is 511. The summed E-state index contributed by atoms with van der Waals surface area (Å²) in [5.41, 5.74) is 0. The Hall–Kier alpha value is 0.0138. The molecular formula is C22H44O4Si2. The Balaban J connectivity index is 2.29. The van der Waals surface area contributed by atoms with Gasteiger partial charge in [-0.1, -0.05) is 68.4 Å². The van der Waals surface area contributed by atoms with E-state index in [9.17, 15) is 0 Å². The second kappa shape index (κ2) is 8.63. The van der Waals surface area contributed by atoms with Gasteiger partial charge in [0.1, 0.15) is 12.2 Å². The van der Waals surface area contributed by atoms with E-state index < -0.39 is 16.9 Å². The summed E-state index contributed by atoms with van der Waals surface area (Å²) in [6, 6.07) is 3.42. The maximum Gasteiger partial charge on any atom is 0.349 e. The fourth-order valence-corrected chi connectivity index (χ4v) is 13.0. The summed E-state index contributed by atoms with van der Waals surface area (Å²) in [6.07, 6.45) is 2.75. The largest absolute Gasteiger partial charge is 0.411 e. The summed E-state index contributed by atoms with van der Waals surface area (Å²) < 4.78 is 26.8. The zero-order chi connectivity index (χ0) is 21.4. The molecule has 6 heteroatoms. The first kappa shape index (κ1) is 24.3. The second-order valence-electron chi connectivity index (χ2n) is 10.6. The van der Waals surface area contributed by atoms with Gasteiger partial charge in [-0.3, -0.25) is 0 Å². The van der Waals surface area contributed by atoms with Crippen molar-refractivity contribution in [2.45, 2.75) is 121 Å². The van der Waals surface area contributed by atoms with Crippen molar-refractivity contribution in [1.82, 2.24) is 0 Å². The van der Waals surface area contributed by atoms with Crippen LogP contribution in [0.4, 0.5) is 0 Å². The van der Waals surface area contributed by atoms with Crippen molar-refractivity contribution in [3.05, 3.63) is 12.7 Å². The maximum absolute atomic E-state index is 6.94. The molecule has 4 atom stereocenters. The number of rotatable bonds is 6. The molecule has 0 unspecified atom stereocenters. The summed E-state index contributed by atoms with van der Waals surface area (Å²) in [6.45, 7) is 25.0. The molecule has 0 aromatic heterocycles. The highest BCUT2D eigenvalue weighted by Crippen LogP contribution is 2.55. The summed E-state index contributed by atoms with van der Waals surface area (Å²) in [5.74, 6) is 0. The molecule has 2 aliphatic rings. The van der Waals surface area contributed by atoms with Gasteiger partial charge >= 0.3 is 8.56 Å². The molecule has 2 rings (SSSR count). The van der Waals surface area contributed by atoms with Gasteiger partial charge < -0.3 is 18.0 Å². The topological polar surface area (TPSA) is 36.9 Å². The molecule has 0 saturated carbocycles. The first-order valence-corrected chi connectivity index (χ1v) is 15.5. The van der Waals surface area contributed by atoms with Gasteiger partial charge in [-0.2, -0.15) is 0 Å². The van der Waals surface area contributed by atoms with Gasteiger partial charge in [-0.05, 0) is 18.1 Å². The number of fused-ring (bicyclic) bond motifs is 1. The van der Waals surface area contributed by atoms with Crippen molar-refractivity contribution in [2.24, 2.45) is 0 Å². The average molecular weight is 429 g/mol. The molecular weight excluding hydrogens is 384 g/mol. The van der Waals surface area contributed by atoms with Crippen LogP contribution >= 0.6 is 0 Å². The molecule has 2 fully saturated rings. The molecule has 0 radical (unpaired) electrons. The molecule has 0 bridgehead atoms. The minimum absolute atomic E-state index is 0.0172. The highest BCUT2D eigenvalue weighted by molar-refractivity contribution is 6.74. The Morgan fingerprint density at radius 1 is 1.00 bits per heavy atom. The van der Waals surface area contributed by atoms with Gasteiger partial charge in [-0.15, -0.1) is 6.58 Å². The normalized spacial score (nSPS) is 31.3. The van der Waals surface area contributed by atoms with E-state index >= 15 is 0 Å². The average Bonchev–Trinajstić information content (AvgIpc) is 2.63. The predicted molar refractivity (Wildman–Crippen MR) is 122 cm³/mol. The van der Waals surface area contributed by atoms with Crippen LogP contribution in [0.3, 0.4) is 0 Å². The molecule has 2 saturated heterocycles. The Kier molecular flexibility index (Phi) is 7.49. The Morgan fingerprint density at radius 3 is 1.96 bits per heavy atom. The van der Waals surface area contributed by atoms with Crippen LogP contribution in [0.5, 0.6) is 0 Å². The minimum atomic E-state index is -2.49. The molecule has 2 aliphatic heterocycles.